The van der Waals surface area contributed by atoms with Crippen molar-refractivity contribution in [1.29, 1.82) is 0 Å². The lowest BCUT2D eigenvalue weighted by Crippen LogP contribution is -2.12. The van der Waals surface area contributed by atoms with Crippen molar-refractivity contribution in [2.24, 2.45) is 5.41 Å². The zero-order chi connectivity index (χ0) is 9.90. The first kappa shape index (κ1) is 10.0. The van der Waals surface area contributed by atoms with E-state index in [0.717, 1.165) is 13.0 Å². The second-order valence-corrected chi connectivity index (χ2v) is 4.36. The molecule has 0 aliphatic heterocycles. The van der Waals surface area contributed by atoms with E-state index < -0.39 is 0 Å². The van der Waals surface area contributed by atoms with Gasteiger partial charge in [0.05, 0.1) is 0 Å². The maximum Gasteiger partial charge on any atom is 0.315 e. The Hall–Kier alpha value is -1.06. The summed E-state index contributed by atoms with van der Waals surface area (Å²) in [4.78, 5) is 0. The SMILES string of the molecule is Cc1nnc(NCCC(C)(C)C)o1. The summed E-state index contributed by atoms with van der Waals surface area (Å²) in [6, 6.07) is 0.516. The van der Waals surface area contributed by atoms with E-state index in [2.05, 4.69) is 36.3 Å². The van der Waals surface area contributed by atoms with Crippen molar-refractivity contribution in [3.05, 3.63) is 5.89 Å². The van der Waals surface area contributed by atoms with E-state index in [-0.39, 0.29) is 0 Å². The molecule has 0 saturated carbocycles. The van der Waals surface area contributed by atoms with E-state index in [9.17, 15) is 0 Å². The van der Waals surface area contributed by atoms with Gasteiger partial charge in [0, 0.05) is 13.5 Å². The number of nitrogens with one attached hydrogen (secondary N) is 1. The molecule has 0 unspecified atom stereocenters. The molecule has 1 heterocycles. The number of hydrogen-bond donors (Lipinski definition) is 1. The molecule has 0 aliphatic rings. The minimum absolute atomic E-state index is 0.335. The molecule has 1 aromatic rings. The summed E-state index contributed by atoms with van der Waals surface area (Å²) in [7, 11) is 0. The van der Waals surface area contributed by atoms with Crippen LogP contribution in [0, 0.1) is 12.3 Å². The average molecular weight is 183 g/mol. The minimum Gasteiger partial charge on any atom is -0.408 e. The minimum atomic E-state index is 0.335. The van der Waals surface area contributed by atoms with Gasteiger partial charge >= 0.3 is 6.01 Å². The van der Waals surface area contributed by atoms with Gasteiger partial charge in [-0.25, -0.2) is 0 Å². The van der Waals surface area contributed by atoms with Gasteiger partial charge in [0.2, 0.25) is 5.89 Å². The van der Waals surface area contributed by atoms with E-state index in [1.807, 2.05) is 0 Å². The Balaban J connectivity index is 2.28. The Kier molecular flexibility index (Phi) is 2.90. The van der Waals surface area contributed by atoms with Crippen LogP contribution in [0.5, 0.6) is 0 Å². The molecular formula is C9H17N3O. The molecule has 1 rings (SSSR count). The summed E-state index contributed by atoms with van der Waals surface area (Å²) in [6.07, 6.45) is 1.08. The van der Waals surface area contributed by atoms with E-state index in [1.165, 1.54) is 0 Å². The second kappa shape index (κ2) is 3.77. The lowest BCUT2D eigenvalue weighted by atomic mass is 9.92. The van der Waals surface area contributed by atoms with Crippen molar-refractivity contribution >= 4 is 6.01 Å². The Morgan fingerprint density at radius 2 is 2.00 bits per heavy atom. The molecule has 0 aliphatic carbocycles. The molecule has 0 spiro atoms. The molecule has 1 aromatic heterocycles. The predicted octanol–water partition coefficient (Wildman–Crippen LogP) is 2.23. The third-order valence-corrected chi connectivity index (χ3v) is 1.68. The van der Waals surface area contributed by atoms with Crippen molar-refractivity contribution in [2.45, 2.75) is 34.1 Å². The smallest absolute Gasteiger partial charge is 0.315 e. The van der Waals surface area contributed by atoms with Gasteiger partial charge in [-0.3, -0.25) is 0 Å². The summed E-state index contributed by atoms with van der Waals surface area (Å²) < 4.78 is 5.16. The van der Waals surface area contributed by atoms with Crippen molar-refractivity contribution in [1.82, 2.24) is 10.2 Å². The third-order valence-electron chi connectivity index (χ3n) is 1.68. The van der Waals surface area contributed by atoms with E-state index in [4.69, 9.17) is 4.42 Å². The van der Waals surface area contributed by atoms with Gasteiger partial charge in [0.15, 0.2) is 0 Å². The van der Waals surface area contributed by atoms with Crippen LogP contribution in [-0.4, -0.2) is 16.7 Å². The molecule has 74 valence electrons. The number of rotatable bonds is 3. The van der Waals surface area contributed by atoms with Crippen LogP contribution >= 0.6 is 0 Å². The molecule has 1 N–H and O–H groups in total. The summed E-state index contributed by atoms with van der Waals surface area (Å²) in [5.74, 6) is 0.596. The van der Waals surface area contributed by atoms with Gasteiger partial charge in [0.1, 0.15) is 0 Å². The molecule has 13 heavy (non-hydrogen) atoms. The molecule has 0 saturated heterocycles. The molecule has 4 heteroatoms. The average Bonchev–Trinajstić information content (AvgIpc) is 2.33. The quantitative estimate of drug-likeness (QED) is 0.780. The van der Waals surface area contributed by atoms with Crippen molar-refractivity contribution in [3.8, 4) is 0 Å². The molecule has 0 radical (unpaired) electrons. The lowest BCUT2D eigenvalue weighted by Gasteiger charge is -2.17. The van der Waals surface area contributed by atoms with Gasteiger partial charge in [-0.1, -0.05) is 25.9 Å². The molecule has 0 fully saturated rings. The van der Waals surface area contributed by atoms with E-state index in [1.54, 1.807) is 6.92 Å². The van der Waals surface area contributed by atoms with Gasteiger partial charge in [-0.05, 0) is 11.8 Å². The summed E-state index contributed by atoms with van der Waals surface area (Å²) >= 11 is 0. The van der Waals surface area contributed by atoms with Crippen LogP contribution in [0.4, 0.5) is 6.01 Å². The van der Waals surface area contributed by atoms with Crippen LogP contribution in [0.3, 0.4) is 0 Å². The van der Waals surface area contributed by atoms with Crippen LogP contribution in [0.2, 0.25) is 0 Å². The molecular weight excluding hydrogens is 166 g/mol. The van der Waals surface area contributed by atoms with Crippen LogP contribution < -0.4 is 5.32 Å². The highest BCUT2D eigenvalue weighted by atomic mass is 16.4. The highest BCUT2D eigenvalue weighted by Gasteiger charge is 2.10. The number of aryl methyl sites for hydroxylation is 1. The molecule has 0 amide bonds. The van der Waals surface area contributed by atoms with Crippen molar-refractivity contribution < 1.29 is 4.42 Å². The van der Waals surface area contributed by atoms with Crippen LogP contribution in [-0.2, 0) is 0 Å². The third kappa shape index (κ3) is 3.92. The van der Waals surface area contributed by atoms with Gasteiger partial charge in [-0.2, -0.15) is 0 Å². The predicted molar refractivity (Wildman–Crippen MR) is 51.6 cm³/mol. The van der Waals surface area contributed by atoms with Crippen LogP contribution in [0.1, 0.15) is 33.1 Å². The topological polar surface area (TPSA) is 51.0 Å². The second-order valence-electron chi connectivity index (χ2n) is 4.36. The Labute approximate surface area is 78.7 Å². The number of aromatic nitrogens is 2. The van der Waals surface area contributed by atoms with Gasteiger partial charge in [0.25, 0.3) is 0 Å². The molecule has 0 atom stereocenters. The van der Waals surface area contributed by atoms with E-state index in [0.29, 0.717) is 17.3 Å². The van der Waals surface area contributed by atoms with Gasteiger partial charge in [-0.15, -0.1) is 5.10 Å². The van der Waals surface area contributed by atoms with Crippen LogP contribution in [0.25, 0.3) is 0 Å². The first-order valence-electron chi connectivity index (χ1n) is 4.51. The molecule has 4 nitrogen and oxygen atoms in total. The lowest BCUT2D eigenvalue weighted by molar-refractivity contribution is 0.387. The Morgan fingerprint density at radius 3 is 2.46 bits per heavy atom. The highest BCUT2D eigenvalue weighted by Crippen LogP contribution is 2.18. The largest absolute Gasteiger partial charge is 0.408 e. The van der Waals surface area contributed by atoms with Gasteiger partial charge < -0.3 is 9.73 Å². The first-order chi connectivity index (χ1) is 5.97. The fourth-order valence-corrected chi connectivity index (χ4v) is 0.912. The molecule has 0 aromatic carbocycles. The molecule has 0 bridgehead atoms. The monoisotopic (exact) mass is 183 g/mol. The highest BCUT2D eigenvalue weighted by molar-refractivity contribution is 5.16. The zero-order valence-corrected chi connectivity index (χ0v) is 8.72. The van der Waals surface area contributed by atoms with Crippen LogP contribution in [0.15, 0.2) is 4.42 Å². The maximum atomic E-state index is 5.16. The number of hydrogen-bond acceptors (Lipinski definition) is 4. The summed E-state index contributed by atoms with van der Waals surface area (Å²) in [5, 5.41) is 10.6. The fraction of sp³-hybridized carbons (Fsp3) is 0.778. The Bertz CT molecular complexity index is 262. The van der Waals surface area contributed by atoms with E-state index >= 15 is 0 Å². The van der Waals surface area contributed by atoms with Crippen molar-refractivity contribution in [3.63, 3.8) is 0 Å². The van der Waals surface area contributed by atoms with Crippen molar-refractivity contribution in [2.75, 3.05) is 11.9 Å². The zero-order valence-electron chi connectivity index (χ0n) is 8.72. The number of anilines is 1. The standard InChI is InChI=1S/C9H17N3O/c1-7-11-12-8(13-7)10-6-5-9(2,3)4/h5-6H2,1-4H3,(H,10,12). The normalized spacial score (nSPS) is 11.7. The first-order valence-corrected chi connectivity index (χ1v) is 4.51. The summed E-state index contributed by atoms with van der Waals surface area (Å²) in [6.45, 7) is 9.25. The maximum absolute atomic E-state index is 5.16. The summed E-state index contributed by atoms with van der Waals surface area (Å²) in [5.41, 5.74) is 0.335. The Morgan fingerprint density at radius 1 is 1.31 bits per heavy atom. The number of nitrogens with zero attached hydrogens (tertiary/aromatic N) is 2. The fourth-order valence-electron chi connectivity index (χ4n) is 0.912.